The maximum atomic E-state index is 12.0. The van der Waals surface area contributed by atoms with E-state index in [-0.39, 0.29) is 11.1 Å². The molecule has 1 atom stereocenters. The molecule has 1 aromatic carbocycles. The quantitative estimate of drug-likeness (QED) is 0.336. The van der Waals surface area contributed by atoms with Crippen LogP contribution in [0.2, 0.25) is 0 Å². The molecule has 1 aromatic rings. The van der Waals surface area contributed by atoms with Crippen molar-refractivity contribution in [2.75, 3.05) is 0 Å². The lowest BCUT2D eigenvalue weighted by atomic mass is 9.86. The lowest BCUT2D eigenvalue weighted by molar-refractivity contribution is 0.0706. The van der Waals surface area contributed by atoms with Gasteiger partial charge in [-0.3, -0.25) is 14.8 Å². The van der Waals surface area contributed by atoms with E-state index in [2.05, 4.69) is 23.2 Å². The molecule has 1 aliphatic rings. The zero-order valence-electron chi connectivity index (χ0n) is 13.6. The van der Waals surface area contributed by atoms with Crippen LogP contribution in [0.5, 0.6) is 0 Å². The molecule has 0 heterocycles. The largest absolute Gasteiger partial charge is 0.288 e. The Morgan fingerprint density at radius 1 is 1.33 bits per heavy atom. The van der Waals surface area contributed by atoms with Crippen LogP contribution >= 0.6 is 0 Å². The van der Waals surface area contributed by atoms with E-state index in [4.69, 9.17) is 5.21 Å². The highest BCUT2D eigenvalue weighted by atomic mass is 16.5. The molecule has 3 N–H and O–H groups in total. The van der Waals surface area contributed by atoms with Crippen LogP contribution in [-0.4, -0.2) is 23.2 Å². The molecule has 126 valence electrons. The van der Waals surface area contributed by atoms with Gasteiger partial charge in [0.15, 0.2) is 0 Å². The highest BCUT2D eigenvalue weighted by molar-refractivity contribution is 5.99. The van der Waals surface area contributed by atoms with E-state index in [1.54, 1.807) is 18.3 Å². The maximum absolute atomic E-state index is 12.0. The molecule has 6 heteroatoms. The molecule has 0 aliphatic heterocycles. The van der Waals surface area contributed by atoms with E-state index in [0.29, 0.717) is 5.92 Å². The van der Waals surface area contributed by atoms with Crippen molar-refractivity contribution < 1.29 is 14.8 Å². The van der Waals surface area contributed by atoms with Gasteiger partial charge in [0, 0.05) is 11.1 Å². The van der Waals surface area contributed by atoms with Crippen molar-refractivity contribution in [2.45, 2.75) is 26.2 Å². The topological polar surface area (TPSA) is 90.8 Å². The van der Waals surface area contributed by atoms with Crippen LogP contribution in [-0.2, 0) is 0 Å². The average Bonchev–Trinajstić information content (AvgIpc) is 2.61. The van der Waals surface area contributed by atoms with E-state index in [1.165, 1.54) is 23.2 Å². The summed E-state index contributed by atoms with van der Waals surface area (Å²) in [6.45, 7) is 6.03. The van der Waals surface area contributed by atoms with Gasteiger partial charge in [0.1, 0.15) is 0 Å². The Labute approximate surface area is 140 Å². The number of rotatable bonds is 5. The van der Waals surface area contributed by atoms with Gasteiger partial charge in [-0.25, -0.2) is 10.9 Å². The lowest BCUT2D eigenvalue weighted by Crippen LogP contribution is -2.21. The van der Waals surface area contributed by atoms with Crippen LogP contribution in [0, 0.1) is 5.92 Å². The lowest BCUT2D eigenvalue weighted by Gasteiger charge is -2.20. The summed E-state index contributed by atoms with van der Waals surface area (Å²) in [5.74, 6) is -0.570. The van der Waals surface area contributed by atoms with Gasteiger partial charge >= 0.3 is 0 Å². The fourth-order valence-electron chi connectivity index (χ4n) is 2.52. The van der Waals surface area contributed by atoms with Crippen LogP contribution in [0.25, 0.3) is 0 Å². The third kappa shape index (κ3) is 4.63. The number of benzene rings is 1. The third-order valence-electron chi connectivity index (χ3n) is 4.03. The van der Waals surface area contributed by atoms with Gasteiger partial charge in [0.25, 0.3) is 11.8 Å². The standard InChI is InChI=1S/C18H21N3O3/c1-12(2)14-8-6-13(7-9-14)11-19-20-17(22)15-4-3-5-16(10-15)18(23)21-24/h3-6,10-11,14,24H,1,7-9H2,2H3,(H,20,22)(H,21,23)/b19-11+/t14-/m1/s1. The number of nitrogens with zero attached hydrogens (tertiary/aromatic N) is 1. The minimum atomic E-state index is -0.674. The Hall–Kier alpha value is -2.73. The summed E-state index contributed by atoms with van der Waals surface area (Å²) >= 11 is 0. The second-order valence-electron chi connectivity index (χ2n) is 5.82. The first-order valence-corrected chi connectivity index (χ1v) is 7.73. The van der Waals surface area contributed by atoms with Gasteiger partial charge in [-0.2, -0.15) is 5.10 Å². The van der Waals surface area contributed by atoms with Crippen molar-refractivity contribution in [1.82, 2.24) is 10.9 Å². The van der Waals surface area contributed by atoms with Crippen molar-refractivity contribution >= 4 is 18.0 Å². The smallest absolute Gasteiger partial charge is 0.274 e. The highest BCUT2D eigenvalue weighted by Gasteiger charge is 2.14. The number of hydrogen-bond donors (Lipinski definition) is 3. The Bertz CT molecular complexity index is 707. The summed E-state index contributed by atoms with van der Waals surface area (Å²) in [4.78, 5) is 23.4. The van der Waals surface area contributed by atoms with E-state index in [1.807, 2.05) is 6.92 Å². The molecule has 0 saturated carbocycles. The van der Waals surface area contributed by atoms with Gasteiger partial charge in [0.2, 0.25) is 0 Å². The van der Waals surface area contributed by atoms with E-state index in [9.17, 15) is 9.59 Å². The summed E-state index contributed by atoms with van der Waals surface area (Å²) in [5.41, 5.74) is 6.73. The van der Waals surface area contributed by atoms with Crippen LogP contribution < -0.4 is 10.9 Å². The first-order valence-electron chi connectivity index (χ1n) is 7.73. The SMILES string of the molecule is C=C(C)[C@@H]1CC=C(/C=N/NC(=O)c2cccc(C(=O)NO)c2)CC1. The van der Waals surface area contributed by atoms with Crippen molar-refractivity contribution in [3.05, 3.63) is 59.2 Å². The summed E-state index contributed by atoms with van der Waals surface area (Å²) in [6, 6.07) is 6.01. The second-order valence-corrected chi connectivity index (χ2v) is 5.82. The van der Waals surface area contributed by atoms with Crippen molar-refractivity contribution in [3.8, 4) is 0 Å². The fraction of sp³-hybridized carbons (Fsp3) is 0.278. The van der Waals surface area contributed by atoms with Gasteiger partial charge in [0.05, 0.1) is 6.21 Å². The fourth-order valence-corrected chi connectivity index (χ4v) is 2.52. The summed E-state index contributed by atoms with van der Waals surface area (Å²) in [6.07, 6.45) is 6.66. The molecule has 2 amide bonds. The molecule has 1 aliphatic carbocycles. The van der Waals surface area contributed by atoms with Gasteiger partial charge in [-0.15, -0.1) is 0 Å². The molecule has 24 heavy (non-hydrogen) atoms. The molecule has 0 spiro atoms. The Morgan fingerprint density at radius 3 is 2.62 bits per heavy atom. The molecular weight excluding hydrogens is 306 g/mol. The van der Waals surface area contributed by atoms with Crippen LogP contribution in [0.1, 0.15) is 46.9 Å². The molecule has 0 saturated heterocycles. The summed E-state index contributed by atoms with van der Waals surface area (Å²) in [5, 5.41) is 12.6. The number of amides is 2. The van der Waals surface area contributed by atoms with E-state index in [0.717, 1.165) is 24.8 Å². The first-order chi connectivity index (χ1) is 11.5. The van der Waals surface area contributed by atoms with Gasteiger partial charge in [-0.05, 0) is 55.9 Å². The van der Waals surface area contributed by atoms with Crippen molar-refractivity contribution in [2.24, 2.45) is 11.0 Å². The molecule has 0 unspecified atom stereocenters. The third-order valence-corrected chi connectivity index (χ3v) is 4.03. The highest BCUT2D eigenvalue weighted by Crippen LogP contribution is 2.27. The number of hydroxylamine groups is 1. The monoisotopic (exact) mass is 327 g/mol. The maximum Gasteiger partial charge on any atom is 0.274 e. The first kappa shape index (κ1) is 17.6. The minimum Gasteiger partial charge on any atom is -0.288 e. The number of carbonyl (C=O) groups excluding carboxylic acids is 2. The number of carbonyl (C=O) groups is 2. The van der Waals surface area contributed by atoms with Gasteiger partial charge in [-0.1, -0.05) is 24.3 Å². The Morgan fingerprint density at radius 2 is 2.04 bits per heavy atom. The van der Waals surface area contributed by atoms with Gasteiger partial charge < -0.3 is 0 Å². The molecular formula is C18H21N3O3. The molecule has 0 aromatic heterocycles. The van der Waals surface area contributed by atoms with Crippen LogP contribution in [0.3, 0.4) is 0 Å². The van der Waals surface area contributed by atoms with Crippen molar-refractivity contribution in [3.63, 3.8) is 0 Å². The Balaban J connectivity index is 1.94. The summed E-state index contributed by atoms with van der Waals surface area (Å²) < 4.78 is 0. The molecule has 2 rings (SSSR count). The van der Waals surface area contributed by atoms with Crippen LogP contribution in [0.15, 0.2) is 53.2 Å². The number of hydrogen-bond acceptors (Lipinski definition) is 4. The zero-order valence-corrected chi connectivity index (χ0v) is 13.6. The molecule has 6 nitrogen and oxygen atoms in total. The van der Waals surface area contributed by atoms with E-state index >= 15 is 0 Å². The second kappa shape index (κ2) is 8.21. The molecule has 0 bridgehead atoms. The Kier molecular flexibility index (Phi) is 6.03. The number of nitrogens with one attached hydrogen (secondary N) is 2. The zero-order chi connectivity index (χ0) is 17.5. The number of hydrazone groups is 1. The normalized spacial score (nSPS) is 17.2. The van der Waals surface area contributed by atoms with E-state index < -0.39 is 11.8 Å². The molecule has 0 radical (unpaired) electrons. The predicted octanol–water partition coefficient (Wildman–Crippen LogP) is 2.82. The minimum absolute atomic E-state index is 0.190. The predicted molar refractivity (Wildman–Crippen MR) is 91.9 cm³/mol. The number of allylic oxidation sites excluding steroid dienone is 3. The summed E-state index contributed by atoms with van der Waals surface area (Å²) in [7, 11) is 0. The molecule has 0 fully saturated rings. The van der Waals surface area contributed by atoms with Crippen molar-refractivity contribution in [1.29, 1.82) is 0 Å². The average molecular weight is 327 g/mol. The van der Waals surface area contributed by atoms with Crippen LogP contribution in [0.4, 0.5) is 0 Å².